The number of carbonyl (C=O) groups excluding carboxylic acids is 3. The summed E-state index contributed by atoms with van der Waals surface area (Å²) in [4.78, 5) is 45.2. The molecule has 2 unspecified atom stereocenters. The first kappa shape index (κ1) is 31.2. The third-order valence-electron chi connectivity index (χ3n) is 7.75. The van der Waals surface area contributed by atoms with Crippen LogP contribution in [-0.4, -0.2) is 60.5 Å². The van der Waals surface area contributed by atoms with Crippen molar-refractivity contribution in [1.82, 2.24) is 9.80 Å². The van der Waals surface area contributed by atoms with Gasteiger partial charge in [-0.1, -0.05) is 53.0 Å². The van der Waals surface area contributed by atoms with Crippen molar-refractivity contribution in [3.63, 3.8) is 0 Å². The van der Waals surface area contributed by atoms with Gasteiger partial charge in [0.15, 0.2) is 5.78 Å². The number of rotatable bonds is 10. The van der Waals surface area contributed by atoms with E-state index in [9.17, 15) is 18.8 Å². The van der Waals surface area contributed by atoms with Gasteiger partial charge in [-0.15, -0.1) is 0 Å². The van der Waals surface area contributed by atoms with Crippen molar-refractivity contribution in [2.45, 2.75) is 43.6 Å². The van der Waals surface area contributed by atoms with E-state index in [-0.39, 0.29) is 35.3 Å². The summed E-state index contributed by atoms with van der Waals surface area (Å²) in [6.07, 6.45) is 1.71. The molecule has 9 heteroatoms. The molecule has 1 fully saturated rings. The lowest BCUT2D eigenvalue weighted by Crippen LogP contribution is -2.44. The second kappa shape index (κ2) is 13.9. The number of carbonyl (C=O) groups is 3. The largest absolute Gasteiger partial charge is 0.343 e. The van der Waals surface area contributed by atoms with E-state index in [1.807, 2.05) is 14.1 Å². The SMILES string of the molecule is CN(C)C1CCN(C(=O)CCC(=O)C(c2ccc(Cl)cc2)C(C(=O)c2ccc(Cl)cc2)c2ccc(F)cc2Cl)CC1. The molecule has 0 bridgehead atoms. The predicted octanol–water partition coefficient (Wildman–Crippen LogP) is 7.44. The van der Waals surface area contributed by atoms with Crippen molar-refractivity contribution in [1.29, 1.82) is 0 Å². The average molecular weight is 618 g/mol. The van der Waals surface area contributed by atoms with Crippen LogP contribution in [0.1, 0.15) is 59.0 Å². The Morgan fingerprint density at radius 1 is 0.854 bits per heavy atom. The summed E-state index contributed by atoms with van der Waals surface area (Å²) in [5, 5.41) is 0.955. The topological polar surface area (TPSA) is 57.7 Å². The third-order valence-corrected chi connectivity index (χ3v) is 8.58. The normalized spacial score (nSPS) is 15.5. The minimum absolute atomic E-state index is 0.0224. The highest BCUT2D eigenvalue weighted by atomic mass is 35.5. The monoisotopic (exact) mass is 616 g/mol. The van der Waals surface area contributed by atoms with Crippen LogP contribution in [-0.2, 0) is 9.59 Å². The fourth-order valence-corrected chi connectivity index (χ4v) is 5.97. The Kier molecular flexibility index (Phi) is 10.6. The number of nitrogens with zero attached hydrogens (tertiary/aromatic N) is 2. The Hall–Kier alpha value is -2.77. The van der Waals surface area contributed by atoms with Gasteiger partial charge in [0.05, 0.1) is 11.8 Å². The molecule has 0 spiro atoms. The summed E-state index contributed by atoms with van der Waals surface area (Å²) in [7, 11) is 4.07. The molecule has 0 aliphatic carbocycles. The summed E-state index contributed by atoms with van der Waals surface area (Å²) in [5.41, 5.74) is 1.19. The van der Waals surface area contributed by atoms with E-state index in [0.29, 0.717) is 45.9 Å². The molecular formula is C32H32Cl3FN2O3. The zero-order valence-electron chi connectivity index (χ0n) is 23.0. The molecular weight excluding hydrogens is 586 g/mol. The summed E-state index contributed by atoms with van der Waals surface area (Å²) >= 11 is 18.7. The number of Topliss-reactive ketones (excluding diaryl/α,β-unsaturated/α-hetero) is 2. The maximum absolute atomic E-state index is 14.1. The maximum atomic E-state index is 14.1. The number of hydrogen-bond acceptors (Lipinski definition) is 4. The van der Waals surface area contributed by atoms with Crippen LogP contribution in [0.4, 0.5) is 4.39 Å². The quantitative estimate of drug-likeness (QED) is 0.222. The van der Waals surface area contributed by atoms with Crippen molar-refractivity contribution in [2.24, 2.45) is 0 Å². The van der Waals surface area contributed by atoms with E-state index in [1.54, 1.807) is 53.4 Å². The molecule has 1 saturated heterocycles. The lowest BCUT2D eigenvalue weighted by atomic mass is 9.74. The minimum Gasteiger partial charge on any atom is -0.343 e. The third kappa shape index (κ3) is 7.75. The van der Waals surface area contributed by atoms with Gasteiger partial charge in [-0.2, -0.15) is 0 Å². The zero-order valence-corrected chi connectivity index (χ0v) is 25.2. The van der Waals surface area contributed by atoms with Gasteiger partial charge in [0, 0.05) is 52.6 Å². The van der Waals surface area contributed by atoms with Crippen LogP contribution in [0, 0.1) is 5.82 Å². The average Bonchev–Trinajstić information content (AvgIpc) is 2.95. The molecule has 41 heavy (non-hydrogen) atoms. The fourth-order valence-electron chi connectivity index (χ4n) is 5.43. The van der Waals surface area contributed by atoms with Crippen LogP contribution >= 0.6 is 34.8 Å². The summed E-state index contributed by atoms with van der Waals surface area (Å²) in [6, 6.07) is 17.2. The first-order valence-corrected chi connectivity index (χ1v) is 14.7. The van der Waals surface area contributed by atoms with Gasteiger partial charge >= 0.3 is 0 Å². The highest BCUT2D eigenvalue weighted by Gasteiger charge is 2.38. The zero-order chi connectivity index (χ0) is 29.7. The molecule has 4 rings (SSSR count). The highest BCUT2D eigenvalue weighted by molar-refractivity contribution is 6.32. The van der Waals surface area contributed by atoms with Crippen LogP contribution in [0.25, 0.3) is 0 Å². The van der Waals surface area contributed by atoms with Crippen LogP contribution in [0.15, 0.2) is 66.7 Å². The van der Waals surface area contributed by atoms with Crippen LogP contribution in [0.3, 0.4) is 0 Å². The van der Waals surface area contributed by atoms with Gasteiger partial charge in [-0.25, -0.2) is 4.39 Å². The maximum Gasteiger partial charge on any atom is 0.223 e. The minimum atomic E-state index is -1.08. The van der Waals surface area contributed by atoms with E-state index >= 15 is 0 Å². The number of piperidine rings is 1. The van der Waals surface area contributed by atoms with E-state index in [1.165, 1.54) is 12.1 Å². The Bertz CT molecular complexity index is 1390. The molecule has 0 radical (unpaired) electrons. The van der Waals surface area contributed by atoms with Crippen molar-refractivity contribution in [3.05, 3.63) is 104 Å². The summed E-state index contributed by atoms with van der Waals surface area (Å²) in [6.45, 7) is 1.28. The molecule has 1 aliphatic rings. The van der Waals surface area contributed by atoms with E-state index in [4.69, 9.17) is 34.8 Å². The number of likely N-dealkylation sites (tertiary alicyclic amines) is 1. The number of amides is 1. The molecule has 216 valence electrons. The van der Waals surface area contributed by atoms with E-state index in [2.05, 4.69) is 4.90 Å². The Balaban J connectivity index is 1.67. The second-order valence-corrected chi connectivity index (χ2v) is 11.9. The molecule has 1 heterocycles. The Morgan fingerprint density at radius 2 is 1.44 bits per heavy atom. The van der Waals surface area contributed by atoms with Gasteiger partial charge in [-0.05, 0) is 86.6 Å². The number of halogens is 4. The van der Waals surface area contributed by atoms with Gasteiger partial charge in [-0.3, -0.25) is 14.4 Å². The molecule has 1 aliphatic heterocycles. The van der Waals surface area contributed by atoms with Gasteiger partial charge in [0.25, 0.3) is 0 Å². The van der Waals surface area contributed by atoms with Crippen LogP contribution in [0.5, 0.6) is 0 Å². The number of benzene rings is 3. The van der Waals surface area contributed by atoms with Crippen molar-refractivity contribution in [2.75, 3.05) is 27.2 Å². The van der Waals surface area contributed by atoms with Crippen molar-refractivity contribution < 1.29 is 18.8 Å². The molecule has 5 nitrogen and oxygen atoms in total. The van der Waals surface area contributed by atoms with E-state index < -0.39 is 17.7 Å². The first-order chi connectivity index (χ1) is 19.5. The number of hydrogen-bond donors (Lipinski definition) is 0. The molecule has 0 aromatic heterocycles. The van der Waals surface area contributed by atoms with Crippen LogP contribution in [0.2, 0.25) is 15.1 Å². The second-order valence-electron chi connectivity index (χ2n) is 10.6. The molecule has 2 atom stereocenters. The standard InChI is InChI=1S/C32H32Cl3FN2O3/c1-37(2)25-15-17-38(18-16-25)29(40)14-13-28(39)30(20-3-7-22(33)8-4-20)31(26-12-11-24(36)19-27(26)35)32(41)21-5-9-23(34)10-6-21/h3-12,19,25,30-31H,13-18H2,1-2H3. The molecule has 1 amide bonds. The predicted molar refractivity (Wildman–Crippen MR) is 162 cm³/mol. The first-order valence-electron chi connectivity index (χ1n) is 13.5. The van der Waals surface area contributed by atoms with Gasteiger partial charge < -0.3 is 9.80 Å². The smallest absolute Gasteiger partial charge is 0.223 e. The van der Waals surface area contributed by atoms with Crippen molar-refractivity contribution >= 4 is 52.3 Å². The van der Waals surface area contributed by atoms with E-state index in [0.717, 1.165) is 18.9 Å². The Labute approximate surface area is 255 Å². The molecule has 0 N–H and O–H groups in total. The fraction of sp³-hybridized carbons (Fsp3) is 0.344. The van der Waals surface area contributed by atoms with Crippen LogP contribution < -0.4 is 0 Å². The summed E-state index contributed by atoms with van der Waals surface area (Å²) in [5.74, 6) is -3.40. The lowest BCUT2D eigenvalue weighted by molar-refractivity contribution is -0.134. The summed E-state index contributed by atoms with van der Waals surface area (Å²) < 4.78 is 14.1. The molecule has 0 saturated carbocycles. The highest BCUT2D eigenvalue weighted by Crippen LogP contribution is 2.41. The van der Waals surface area contributed by atoms with Crippen molar-refractivity contribution in [3.8, 4) is 0 Å². The number of ketones is 2. The molecule has 3 aromatic rings. The molecule has 3 aromatic carbocycles. The Morgan fingerprint density at radius 3 is 2.00 bits per heavy atom. The van der Waals surface area contributed by atoms with Gasteiger partial charge in [0.2, 0.25) is 5.91 Å². The van der Waals surface area contributed by atoms with Gasteiger partial charge in [0.1, 0.15) is 11.6 Å². The lowest BCUT2D eigenvalue weighted by Gasteiger charge is -2.35.